The first kappa shape index (κ1) is 9.62. The molecule has 13 heavy (non-hydrogen) atoms. The second kappa shape index (κ2) is 3.97. The van der Waals surface area contributed by atoms with E-state index in [0.717, 1.165) is 5.56 Å². The molecule has 1 rings (SSSR count). The van der Waals surface area contributed by atoms with Gasteiger partial charge in [0.25, 0.3) is 0 Å². The summed E-state index contributed by atoms with van der Waals surface area (Å²) in [7, 11) is 0. The van der Waals surface area contributed by atoms with Crippen LogP contribution in [0.5, 0.6) is 0 Å². The van der Waals surface area contributed by atoms with Crippen LogP contribution in [-0.4, -0.2) is 0 Å². The highest BCUT2D eigenvalue weighted by atomic mass is 15.1. The number of aryl methyl sites for hydroxylation is 2. The largest absolute Gasteiger partial charge is 0.0862 e. The summed E-state index contributed by atoms with van der Waals surface area (Å²) < 4.78 is 0. The first-order valence-corrected chi connectivity index (χ1v) is 4.26. The van der Waals surface area contributed by atoms with Crippen LogP contribution in [0.3, 0.4) is 0 Å². The van der Waals surface area contributed by atoms with Gasteiger partial charge in [0.15, 0.2) is 0 Å². The first-order chi connectivity index (χ1) is 6.13. The summed E-state index contributed by atoms with van der Waals surface area (Å²) in [6.07, 6.45) is 0. The highest BCUT2D eigenvalue weighted by Crippen LogP contribution is 2.19. The van der Waals surface area contributed by atoms with E-state index in [1.54, 1.807) is 0 Å². The average Bonchev–Trinajstić information content (AvgIpc) is 2.03. The molecule has 0 N–H and O–H groups in total. The number of rotatable bonds is 2. The molecule has 0 saturated carbocycles. The van der Waals surface area contributed by atoms with Crippen molar-refractivity contribution >= 4 is 0 Å². The van der Waals surface area contributed by atoms with Gasteiger partial charge in [0.05, 0.1) is 6.04 Å². The van der Waals surface area contributed by atoms with Gasteiger partial charge in [0.1, 0.15) is 0 Å². The van der Waals surface area contributed by atoms with Crippen LogP contribution in [0.2, 0.25) is 0 Å². The fourth-order valence-electron chi connectivity index (χ4n) is 1.40. The molecule has 0 amide bonds. The standard InChI is InChI=1S/C10H13N3/c1-7-4-8(2)6-10(5-7)9(3)12-13-11/h4-6,9H,1-3H3/t9-/m0/s1. The molecule has 0 bridgehead atoms. The normalized spacial score (nSPS) is 11.9. The van der Waals surface area contributed by atoms with Crippen molar-refractivity contribution in [3.05, 3.63) is 45.3 Å². The van der Waals surface area contributed by atoms with E-state index < -0.39 is 0 Å². The minimum atomic E-state index is -0.0800. The van der Waals surface area contributed by atoms with Crippen molar-refractivity contribution in [1.82, 2.24) is 0 Å². The van der Waals surface area contributed by atoms with Crippen LogP contribution in [0.15, 0.2) is 23.3 Å². The van der Waals surface area contributed by atoms with Gasteiger partial charge in [-0.1, -0.05) is 41.4 Å². The Balaban J connectivity index is 3.07. The van der Waals surface area contributed by atoms with Gasteiger partial charge in [-0.25, -0.2) is 0 Å². The van der Waals surface area contributed by atoms with E-state index in [0.29, 0.717) is 0 Å². The third-order valence-electron chi connectivity index (χ3n) is 1.95. The third kappa shape index (κ3) is 2.49. The lowest BCUT2D eigenvalue weighted by molar-refractivity contribution is 0.805. The summed E-state index contributed by atoms with van der Waals surface area (Å²) in [6, 6.07) is 6.12. The van der Waals surface area contributed by atoms with Crippen molar-refractivity contribution in [2.75, 3.05) is 0 Å². The summed E-state index contributed by atoms with van der Waals surface area (Å²) in [5.41, 5.74) is 11.8. The molecular weight excluding hydrogens is 162 g/mol. The minimum absolute atomic E-state index is 0.0800. The summed E-state index contributed by atoms with van der Waals surface area (Å²) in [6.45, 7) is 5.98. The predicted molar refractivity (Wildman–Crippen MR) is 53.5 cm³/mol. The smallest absolute Gasteiger partial charge is 0.0597 e. The molecule has 0 fully saturated rings. The molecule has 1 aromatic rings. The van der Waals surface area contributed by atoms with Gasteiger partial charge in [-0.15, -0.1) is 0 Å². The van der Waals surface area contributed by atoms with Crippen molar-refractivity contribution in [1.29, 1.82) is 0 Å². The Morgan fingerprint density at radius 1 is 1.23 bits per heavy atom. The van der Waals surface area contributed by atoms with Crippen molar-refractivity contribution in [2.24, 2.45) is 5.11 Å². The molecular formula is C10H13N3. The maximum Gasteiger partial charge on any atom is 0.0597 e. The van der Waals surface area contributed by atoms with Crippen molar-refractivity contribution in [2.45, 2.75) is 26.8 Å². The van der Waals surface area contributed by atoms with Crippen molar-refractivity contribution < 1.29 is 0 Å². The lowest BCUT2D eigenvalue weighted by Gasteiger charge is -2.07. The second-order valence-corrected chi connectivity index (χ2v) is 3.30. The van der Waals surface area contributed by atoms with Gasteiger partial charge in [0, 0.05) is 4.91 Å². The number of benzene rings is 1. The van der Waals surface area contributed by atoms with Crippen LogP contribution in [0.25, 0.3) is 10.4 Å². The van der Waals surface area contributed by atoms with Crippen LogP contribution in [-0.2, 0) is 0 Å². The van der Waals surface area contributed by atoms with Crippen LogP contribution < -0.4 is 0 Å². The van der Waals surface area contributed by atoms with Gasteiger partial charge < -0.3 is 0 Å². The number of hydrogen-bond acceptors (Lipinski definition) is 1. The molecule has 0 aromatic heterocycles. The van der Waals surface area contributed by atoms with E-state index in [-0.39, 0.29) is 6.04 Å². The molecule has 3 heteroatoms. The van der Waals surface area contributed by atoms with Crippen LogP contribution in [0, 0.1) is 13.8 Å². The molecule has 0 heterocycles. The highest BCUT2D eigenvalue weighted by Gasteiger charge is 2.02. The van der Waals surface area contributed by atoms with E-state index in [4.69, 9.17) is 5.53 Å². The van der Waals surface area contributed by atoms with Gasteiger partial charge in [-0.2, -0.15) is 0 Å². The minimum Gasteiger partial charge on any atom is -0.0862 e. The zero-order valence-electron chi connectivity index (χ0n) is 8.15. The van der Waals surface area contributed by atoms with Crippen LogP contribution in [0.4, 0.5) is 0 Å². The van der Waals surface area contributed by atoms with Crippen molar-refractivity contribution in [3.8, 4) is 0 Å². The van der Waals surface area contributed by atoms with E-state index >= 15 is 0 Å². The van der Waals surface area contributed by atoms with Gasteiger partial charge in [0.2, 0.25) is 0 Å². The molecule has 0 aliphatic heterocycles. The fraction of sp³-hybridized carbons (Fsp3) is 0.400. The number of azide groups is 1. The molecule has 0 spiro atoms. The molecule has 1 aromatic carbocycles. The maximum atomic E-state index is 8.29. The zero-order chi connectivity index (χ0) is 9.84. The second-order valence-electron chi connectivity index (χ2n) is 3.30. The van der Waals surface area contributed by atoms with Gasteiger partial charge in [-0.3, -0.25) is 0 Å². The molecule has 1 atom stereocenters. The lowest BCUT2D eigenvalue weighted by Crippen LogP contribution is -1.90. The quantitative estimate of drug-likeness (QED) is 0.374. The summed E-state index contributed by atoms with van der Waals surface area (Å²) in [5, 5.41) is 3.66. The molecule has 3 nitrogen and oxygen atoms in total. The monoisotopic (exact) mass is 175 g/mol. The third-order valence-corrected chi connectivity index (χ3v) is 1.95. The summed E-state index contributed by atoms with van der Waals surface area (Å²) >= 11 is 0. The van der Waals surface area contributed by atoms with Gasteiger partial charge >= 0.3 is 0 Å². The summed E-state index contributed by atoms with van der Waals surface area (Å²) in [5.74, 6) is 0. The van der Waals surface area contributed by atoms with E-state index in [9.17, 15) is 0 Å². The Bertz CT molecular complexity index is 331. The fourth-order valence-corrected chi connectivity index (χ4v) is 1.40. The predicted octanol–water partition coefficient (Wildman–Crippen LogP) is 3.67. The lowest BCUT2D eigenvalue weighted by atomic mass is 10.0. The van der Waals surface area contributed by atoms with Crippen LogP contribution >= 0.6 is 0 Å². The SMILES string of the molecule is Cc1cc(C)cc([C@H](C)N=[N+]=[N-])c1. The maximum absolute atomic E-state index is 8.29. The zero-order valence-corrected chi connectivity index (χ0v) is 8.15. The Morgan fingerprint density at radius 3 is 2.23 bits per heavy atom. The Morgan fingerprint density at radius 2 is 1.77 bits per heavy atom. The summed E-state index contributed by atoms with van der Waals surface area (Å²) in [4.78, 5) is 2.80. The highest BCUT2D eigenvalue weighted by molar-refractivity contribution is 5.30. The molecule has 0 aliphatic rings. The topological polar surface area (TPSA) is 48.8 Å². The Kier molecular flexibility index (Phi) is 2.93. The average molecular weight is 175 g/mol. The molecule has 0 aliphatic carbocycles. The van der Waals surface area contributed by atoms with E-state index in [1.807, 2.05) is 32.9 Å². The number of nitrogens with zero attached hydrogens (tertiary/aromatic N) is 3. The molecule has 0 radical (unpaired) electrons. The Labute approximate surface area is 78.0 Å². The molecule has 0 saturated heterocycles. The van der Waals surface area contributed by atoms with E-state index in [1.165, 1.54) is 11.1 Å². The molecule has 68 valence electrons. The van der Waals surface area contributed by atoms with Gasteiger partial charge in [-0.05, 0) is 24.9 Å². The Hall–Kier alpha value is -1.47. The van der Waals surface area contributed by atoms with Crippen LogP contribution in [0.1, 0.15) is 29.7 Å². The number of hydrogen-bond donors (Lipinski definition) is 0. The first-order valence-electron chi connectivity index (χ1n) is 4.26. The van der Waals surface area contributed by atoms with Crippen molar-refractivity contribution in [3.63, 3.8) is 0 Å². The molecule has 0 unspecified atom stereocenters. The van der Waals surface area contributed by atoms with E-state index in [2.05, 4.69) is 16.1 Å².